The third-order valence-electron chi connectivity index (χ3n) is 6.00. The minimum Gasteiger partial charge on any atom is -0.383 e. The minimum absolute atomic E-state index is 0.0560. The maximum atomic E-state index is 13.2. The molecule has 5 atom stereocenters. The smallest absolute Gasteiger partial charge is 0.383 e. The van der Waals surface area contributed by atoms with E-state index in [0.29, 0.717) is 6.61 Å². The van der Waals surface area contributed by atoms with Crippen LogP contribution in [0.2, 0.25) is 0 Å². The largest absolute Gasteiger partial charge is 0.407 e. The zero-order chi connectivity index (χ0) is 26.4. The summed E-state index contributed by atoms with van der Waals surface area (Å²) in [7, 11) is -4.18. The third kappa shape index (κ3) is 7.33. The molecule has 4 rings (SSSR count). The van der Waals surface area contributed by atoms with Gasteiger partial charge in [-0.15, -0.1) is 0 Å². The number of benzene rings is 2. The molecular formula is C25H31N4O7P. The summed E-state index contributed by atoms with van der Waals surface area (Å²) < 4.78 is 42.4. The first-order valence-corrected chi connectivity index (χ1v) is 13.4. The summed E-state index contributed by atoms with van der Waals surface area (Å²) >= 11 is 0. The molecule has 2 heterocycles. The number of nitrogens with two attached hydrogens (primary N) is 2. The van der Waals surface area contributed by atoms with Crippen LogP contribution >= 0.6 is 7.75 Å². The normalized spacial score (nSPS) is 20.8. The number of aromatic nitrogens is 2. The van der Waals surface area contributed by atoms with Gasteiger partial charge in [0, 0.05) is 12.1 Å². The highest BCUT2D eigenvalue weighted by Crippen LogP contribution is 2.46. The number of aryl methyl sites for hydroxylation is 1. The number of anilines is 1. The van der Waals surface area contributed by atoms with Gasteiger partial charge < -0.3 is 19.9 Å². The number of nitrogen functional groups attached to an aromatic ring is 1. The van der Waals surface area contributed by atoms with Crippen LogP contribution in [0.15, 0.2) is 71.7 Å². The number of nitrogens with zero attached hydrogens (tertiary/aromatic N) is 2. The van der Waals surface area contributed by atoms with E-state index in [1.807, 2.05) is 68.4 Å². The quantitative estimate of drug-likeness (QED) is 0.353. The van der Waals surface area contributed by atoms with Gasteiger partial charge in [-0.05, 0) is 29.7 Å². The molecule has 2 unspecified atom stereocenters. The predicted molar refractivity (Wildman–Crippen MR) is 136 cm³/mol. The molecular weight excluding hydrogens is 499 g/mol. The average molecular weight is 531 g/mol. The SMILES string of the molecule is Cc1ccccc1COCC(OP(N)(=O)O[C@@H]1OC[C@H](n2ccc(N)nc2=O)O1)[C@@H](C)c1ccccc1. The van der Waals surface area contributed by atoms with Crippen LogP contribution in [0.3, 0.4) is 0 Å². The van der Waals surface area contributed by atoms with Gasteiger partial charge in [0.2, 0.25) is 0 Å². The van der Waals surface area contributed by atoms with Crippen LogP contribution in [0, 0.1) is 6.92 Å². The van der Waals surface area contributed by atoms with E-state index in [4.69, 9.17) is 34.5 Å². The fourth-order valence-electron chi connectivity index (χ4n) is 3.84. The summed E-state index contributed by atoms with van der Waals surface area (Å²) in [5.41, 5.74) is 13.9. The zero-order valence-electron chi connectivity index (χ0n) is 20.6. The number of hydrogen-bond donors (Lipinski definition) is 2. The Morgan fingerprint density at radius 3 is 2.62 bits per heavy atom. The Kier molecular flexibility index (Phi) is 8.88. The predicted octanol–water partition coefficient (Wildman–Crippen LogP) is 3.45. The van der Waals surface area contributed by atoms with Crippen molar-refractivity contribution < 1.29 is 27.8 Å². The molecule has 198 valence electrons. The molecule has 4 N–H and O–H groups in total. The van der Waals surface area contributed by atoms with E-state index in [-0.39, 0.29) is 24.9 Å². The van der Waals surface area contributed by atoms with E-state index in [9.17, 15) is 9.36 Å². The van der Waals surface area contributed by atoms with Crippen molar-refractivity contribution in [2.24, 2.45) is 5.50 Å². The van der Waals surface area contributed by atoms with E-state index < -0.39 is 32.2 Å². The molecule has 3 aromatic rings. The Bertz CT molecular complexity index is 1290. The van der Waals surface area contributed by atoms with Crippen LogP contribution in [-0.4, -0.2) is 35.3 Å². The molecule has 0 amide bonds. The lowest BCUT2D eigenvalue weighted by Gasteiger charge is -2.28. The fourth-order valence-corrected chi connectivity index (χ4v) is 4.86. The highest BCUT2D eigenvalue weighted by molar-refractivity contribution is 7.51. The molecule has 1 aliphatic rings. The minimum atomic E-state index is -4.18. The molecule has 0 bridgehead atoms. The Morgan fingerprint density at radius 2 is 1.89 bits per heavy atom. The maximum Gasteiger partial charge on any atom is 0.407 e. The van der Waals surface area contributed by atoms with E-state index in [2.05, 4.69) is 4.98 Å². The van der Waals surface area contributed by atoms with Crippen molar-refractivity contribution in [2.75, 3.05) is 18.9 Å². The van der Waals surface area contributed by atoms with Gasteiger partial charge in [-0.3, -0.25) is 9.09 Å². The molecule has 2 aromatic carbocycles. The van der Waals surface area contributed by atoms with Crippen LogP contribution in [0.1, 0.15) is 35.8 Å². The highest BCUT2D eigenvalue weighted by atomic mass is 31.2. The molecule has 0 saturated carbocycles. The summed E-state index contributed by atoms with van der Waals surface area (Å²) in [5.74, 6) is -0.146. The summed E-state index contributed by atoms with van der Waals surface area (Å²) in [6.07, 6.45) is -0.145. The number of ether oxygens (including phenoxy) is 3. The van der Waals surface area contributed by atoms with Crippen LogP contribution in [0.4, 0.5) is 5.82 Å². The molecule has 11 nitrogen and oxygen atoms in total. The Morgan fingerprint density at radius 1 is 1.16 bits per heavy atom. The molecule has 0 spiro atoms. The van der Waals surface area contributed by atoms with E-state index >= 15 is 0 Å². The van der Waals surface area contributed by atoms with Crippen molar-refractivity contribution in [1.29, 1.82) is 0 Å². The topological polar surface area (TPSA) is 150 Å². The van der Waals surface area contributed by atoms with Crippen LogP contribution in [-0.2, 0) is 34.4 Å². The molecule has 1 aromatic heterocycles. The van der Waals surface area contributed by atoms with Gasteiger partial charge in [-0.2, -0.15) is 4.98 Å². The highest BCUT2D eigenvalue weighted by Gasteiger charge is 2.37. The van der Waals surface area contributed by atoms with Gasteiger partial charge in [0.1, 0.15) is 5.82 Å². The van der Waals surface area contributed by atoms with Gasteiger partial charge in [-0.1, -0.05) is 61.5 Å². The average Bonchev–Trinajstić information content (AvgIpc) is 3.31. The van der Waals surface area contributed by atoms with Crippen molar-refractivity contribution in [1.82, 2.24) is 9.55 Å². The van der Waals surface area contributed by atoms with Gasteiger partial charge in [0.15, 0.2) is 6.23 Å². The van der Waals surface area contributed by atoms with Crippen molar-refractivity contribution in [3.05, 3.63) is 94.0 Å². The van der Waals surface area contributed by atoms with Gasteiger partial charge in [0.25, 0.3) is 6.48 Å². The van der Waals surface area contributed by atoms with E-state index in [1.165, 1.54) is 16.8 Å². The lowest BCUT2D eigenvalue weighted by atomic mass is 9.96. The second-order valence-electron chi connectivity index (χ2n) is 8.69. The van der Waals surface area contributed by atoms with Gasteiger partial charge in [-0.25, -0.2) is 19.4 Å². The lowest BCUT2D eigenvalue weighted by Crippen LogP contribution is -2.29. The van der Waals surface area contributed by atoms with Crippen molar-refractivity contribution in [3.63, 3.8) is 0 Å². The van der Waals surface area contributed by atoms with Crippen LogP contribution in [0.5, 0.6) is 0 Å². The lowest BCUT2D eigenvalue weighted by molar-refractivity contribution is -0.199. The summed E-state index contributed by atoms with van der Waals surface area (Å²) in [6.45, 7) is 2.92. The first-order chi connectivity index (χ1) is 17.7. The molecule has 0 aliphatic carbocycles. The van der Waals surface area contributed by atoms with Crippen LogP contribution < -0.4 is 16.9 Å². The molecule has 1 aliphatic heterocycles. The first-order valence-electron chi connectivity index (χ1n) is 11.8. The summed E-state index contributed by atoms with van der Waals surface area (Å²) in [5, 5.41) is 0. The molecule has 37 heavy (non-hydrogen) atoms. The maximum absolute atomic E-state index is 13.2. The number of rotatable bonds is 11. The monoisotopic (exact) mass is 530 g/mol. The molecule has 1 fully saturated rings. The zero-order valence-corrected chi connectivity index (χ0v) is 21.5. The Hall–Kier alpha value is -2.89. The van der Waals surface area contributed by atoms with Crippen molar-refractivity contribution in [2.45, 2.75) is 45.2 Å². The summed E-state index contributed by atoms with van der Waals surface area (Å²) in [4.78, 5) is 15.7. The Labute approximate surface area is 214 Å². The molecule has 1 saturated heterocycles. The first kappa shape index (κ1) is 27.2. The summed E-state index contributed by atoms with van der Waals surface area (Å²) in [6, 6.07) is 18.9. The van der Waals surface area contributed by atoms with E-state index in [0.717, 1.165) is 16.7 Å². The van der Waals surface area contributed by atoms with Crippen LogP contribution in [0.25, 0.3) is 0 Å². The van der Waals surface area contributed by atoms with Gasteiger partial charge in [0.05, 0.1) is 25.9 Å². The van der Waals surface area contributed by atoms with Crippen molar-refractivity contribution >= 4 is 13.6 Å². The fraction of sp³-hybridized carbons (Fsp3) is 0.360. The van der Waals surface area contributed by atoms with Crippen molar-refractivity contribution in [3.8, 4) is 0 Å². The van der Waals surface area contributed by atoms with Gasteiger partial charge >= 0.3 is 13.4 Å². The second-order valence-corrected chi connectivity index (χ2v) is 10.2. The molecule has 0 radical (unpaired) electrons. The Balaban J connectivity index is 1.41. The number of hydrogen-bond acceptors (Lipinski definition) is 9. The molecule has 12 heteroatoms. The third-order valence-corrected chi connectivity index (χ3v) is 7.03. The van der Waals surface area contributed by atoms with E-state index in [1.54, 1.807) is 0 Å². The second kappa shape index (κ2) is 12.1. The standard InChI is InChI=1S/C25H31N4O7P/c1-17-8-6-7-11-20(17)14-32-15-21(18(2)19-9-4-3-5-10-19)35-37(27,31)36-25-33-16-23(34-25)29-13-12-22(26)28-24(29)30/h3-13,18,21,23,25H,14-16H2,1-2H3,(H2,27,31)(H2,26,28,30)/t18-,21?,23+,25+,37?/m0/s1.